The zero-order valence-corrected chi connectivity index (χ0v) is 16.2. The number of hydrogen-bond acceptors (Lipinski definition) is 5. The van der Waals surface area contributed by atoms with Crippen LogP contribution >= 0.6 is 0 Å². The molecule has 2 amide bonds. The predicted octanol–water partition coefficient (Wildman–Crippen LogP) is 0.685. The molecule has 0 N–H and O–H groups in total. The lowest BCUT2D eigenvalue weighted by molar-refractivity contribution is -0.142. The molecule has 3 saturated heterocycles. The molecule has 1 spiro atoms. The molecule has 2 bridgehead atoms. The van der Waals surface area contributed by atoms with Gasteiger partial charge in [0, 0.05) is 32.3 Å². The van der Waals surface area contributed by atoms with Crippen molar-refractivity contribution >= 4 is 11.8 Å². The minimum atomic E-state index is -0.597. The topological polar surface area (TPSA) is 75.6 Å². The van der Waals surface area contributed by atoms with Gasteiger partial charge in [-0.15, -0.1) is 0 Å². The van der Waals surface area contributed by atoms with E-state index in [9.17, 15) is 9.59 Å². The van der Waals surface area contributed by atoms with Crippen LogP contribution in [0.25, 0.3) is 0 Å². The molecule has 0 radical (unpaired) electrons. The van der Waals surface area contributed by atoms with Gasteiger partial charge in [0.2, 0.25) is 11.8 Å². The van der Waals surface area contributed by atoms with Crippen LogP contribution in [0, 0.1) is 24.7 Å². The second kappa shape index (κ2) is 5.41. The SMILES string of the molecule is Cc1ncc2c(n1)[C@H]1CN(C(=O)C3C4C=CC5(CN(C)C(=O)C35)O4)C[C@H]1CC2. The largest absolute Gasteiger partial charge is 0.360 e. The normalized spacial score (nSPS) is 40.1. The summed E-state index contributed by atoms with van der Waals surface area (Å²) < 4.78 is 6.17. The zero-order valence-electron chi connectivity index (χ0n) is 16.2. The highest BCUT2D eigenvalue weighted by Gasteiger charge is 2.67. The van der Waals surface area contributed by atoms with Crippen LogP contribution < -0.4 is 0 Å². The maximum absolute atomic E-state index is 13.6. The Balaban J connectivity index is 1.29. The summed E-state index contributed by atoms with van der Waals surface area (Å²) in [5, 5.41) is 0. The van der Waals surface area contributed by atoms with Crippen molar-refractivity contribution in [3.05, 3.63) is 35.4 Å². The van der Waals surface area contributed by atoms with Gasteiger partial charge in [-0.3, -0.25) is 9.59 Å². The highest BCUT2D eigenvalue weighted by molar-refractivity contribution is 5.93. The number of aromatic nitrogens is 2. The van der Waals surface area contributed by atoms with Crippen LogP contribution in [-0.2, 0) is 20.7 Å². The maximum atomic E-state index is 13.6. The molecular formula is C21H24N4O3. The second-order valence-corrected chi connectivity index (χ2v) is 9.07. The Morgan fingerprint density at radius 1 is 1.36 bits per heavy atom. The molecular weight excluding hydrogens is 356 g/mol. The van der Waals surface area contributed by atoms with Crippen LogP contribution in [0.15, 0.2) is 18.3 Å². The molecule has 1 aromatic heterocycles. The van der Waals surface area contributed by atoms with E-state index in [0.717, 1.165) is 30.9 Å². The molecule has 1 aromatic rings. The van der Waals surface area contributed by atoms with Crippen molar-refractivity contribution in [2.45, 2.75) is 37.4 Å². The van der Waals surface area contributed by atoms with Gasteiger partial charge in [0.1, 0.15) is 11.4 Å². The van der Waals surface area contributed by atoms with E-state index in [2.05, 4.69) is 4.98 Å². The summed E-state index contributed by atoms with van der Waals surface area (Å²) in [5.74, 6) is 0.852. The molecule has 0 saturated carbocycles. The summed E-state index contributed by atoms with van der Waals surface area (Å²) in [4.78, 5) is 39.1. The minimum absolute atomic E-state index is 0.0375. The van der Waals surface area contributed by atoms with Gasteiger partial charge in [-0.25, -0.2) is 9.97 Å². The maximum Gasteiger partial charge on any atom is 0.229 e. The lowest BCUT2D eigenvalue weighted by Gasteiger charge is -2.27. The number of fused-ring (bicyclic) bond motifs is 4. The van der Waals surface area contributed by atoms with E-state index in [-0.39, 0.29) is 29.8 Å². The first-order valence-electron chi connectivity index (χ1n) is 10.2. The Morgan fingerprint density at radius 2 is 2.21 bits per heavy atom. The average Bonchev–Trinajstić information content (AvgIpc) is 3.41. The summed E-state index contributed by atoms with van der Waals surface area (Å²) >= 11 is 0. The number of ether oxygens (including phenoxy) is 1. The lowest BCUT2D eigenvalue weighted by Crippen LogP contribution is -2.45. The highest BCUT2D eigenvalue weighted by Crippen LogP contribution is 2.52. The first-order valence-corrected chi connectivity index (χ1v) is 10.2. The van der Waals surface area contributed by atoms with Crippen LogP contribution in [0.3, 0.4) is 0 Å². The number of nitrogens with zero attached hydrogens (tertiary/aromatic N) is 4. The summed E-state index contributed by atoms with van der Waals surface area (Å²) in [6.07, 6.45) is 7.71. The predicted molar refractivity (Wildman–Crippen MR) is 99.3 cm³/mol. The quantitative estimate of drug-likeness (QED) is 0.670. The Kier molecular flexibility index (Phi) is 3.22. The molecule has 3 fully saturated rings. The van der Waals surface area contributed by atoms with Gasteiger partial charge in [0.05, 0.1) is 30.2 Å². The molecule has 7 heteroatoms. The van der Waals surface area contributed by atoms with Crippen molar-refractivity contribution in [1.29, 1.82) is 0 Å². The fourth-order valence-electron chi connectivity index (χ4n) is 6.20. The highest BCUT2D eigenvalue weighted by atomic mass is 16.5. The van der Waals surface area contributed by atoms with Crippen molar-refractivity contribution < 1.29 is 14.3 Å². The fourth-order valence-corrected chi connectivity index (χ4v) is 6.20. The van der Waals surface area contributed by atoms with E-state index in [1.165, 1.54) is 5.56 Å². The Labute approximate surface area is 163 Å². The third-order valence-electron chi connectivity index (χ3n) is 7.48. The number of carbonyl (C=O) groups excluding carboxylic acids is 2. The van der Waals surface area contributed by atoms with E-state index < -0.39 is 11.5 Å². The third-order valence-corrected chi connectivity index (χ3v) is 7.48. The number of amides is 2. The smallest absolute Gasteiger partial charge is 0.229 e. The van der Waals surface area contributed by atoms with Gasteiger partial charge in [0.25, 0.3) is 0 Å². The van der Waals surface area contributed by atoms with E-state index in [0.29, 0.717) is 19.0 Å². The molecule has 4 unspecified atom stereocenters. The Morgan fingerprint density at radius 3 is 3.07 bits per heavy atom. The number of likely N-dealkylation sites (tertiary alicyclic amines) is 2. The van der Waals surface area contributed by atoms with Gasteiger partial charge in [-0.05, 0) is 31.2 Å². The van der Waals surface area contributed by atoms with Gasteiger partial charge in [0.15, 0.2) is 0 Å². The summed E-state index contributed by atoms with van der Waals surface area (Å²) in [7, 11) is 1.80. The molecule has 7 nitrogen and oxygen atoms in total. The zero-order chi connectivity index (χ0) is 19.2. The summed E-state index contributed by atoms with van der Waals surface area (Å²) in [5.41, 5.74) is 1.75. The van der Waals surface area contributed by atoms with Crippen molar-refractivity contribution in [3.8, 4) is 0 Å². The molecule has 5 heterocycles. The van der Waals surface area contributed by atoms with Gasteiger partial charge < -0.3 is 14.5 Å². The summed E-state index contributed by atoms with van der Waals surface area (Å²) in [6, 6.07) is 0. The van der Waals surface area contributed by atoms with E-state index in [1.807, 2.05) is 30.2 Å². The molecule has 0 aromatic carbocycles. The molecule has 146 valence electrons. The number of carbonyl (C=O) groups is 2. The number of likely N-dealkylation sites (N-methyl/N-ethyl adjacent to an activating group) is 1. The van der Waals surface area contributed by atoms with Crippen molar-refractivity contribution in [1.82, 2.24) is 19.8 Å². The Bertz CT molecular complexity index is 930. The van der Waals surface area contributed by atoms with E-state index in [1.54, 1.807) is 11.9 Å². The number of hydrogen-bond donors (Lipinski definition) is 0. The van der Waals surface area contributed by atoms with Crippen LogP contribution in [0.1, 0.15) is 29.4 Å². The van der Waals surface area contributed by atoms with E-state index >= 15 is 0 Å². The van der Waals surface area contributed by atoms with Gasteiger partial charge >= 0.3 is 0 Å². The first kappa shape index (κ1) is 16.7. The van der Waals surface area contributed by atoms with Crippen molar-refractivity contribution in [2.75, 3.05) is 26.7 Å². The third kappa shape index (κ3) is 2.03. The molecule has 6 atom stereocenters. The average molecular weight is 380 g/mol. The molecule has 6 rings (SSSR count). The van der Waals surface area contributed by atoms with E-state index in [4.69, 9.17) is 9.72 Å². The van der Waals surface area contributed by atoms with Crippen LogP contribution in [0.4, 0.5) is 0 Å². The van der Waals surface area contributed by atoms with Crippen LogP contribution in [0.2, 0.25) is 0 Å². The molecule has 1 aliphatic carbocycles. The van der Waals surface area contributed by atoms with Crippen molar-refractivity contribution in [3.63, 3.8) is 0 Å². The minimum Gasteiger partial charge on any atom is -0.360 e. The number of rotatable bonds is 1. The van der Waals surface area contributed by atoms with Crippen molar-refractivity contribution in [2.24, 2.45) is 17.8 Å². The standard InChI is InChI=1S/C21H24N4O3/c1-11-22-7-12-3-4-13-8-25(9-14(13)18(12)23-11)19(26)16-15-5-6-21(28-15)10-24(2)20(27)17(16)21/h5-7,13-17H,3-4,8-10H2,1-2H3/t13-,14+,15?,16?,17?,21?/m1/s1. The van der Waals surface area contributed by atoms with Crippen LogP contribution in [-0.4, -0.2) is 70.0 Å². The summed E-state index contributed by atoms with van der Waals surface area (Å²) in [6.45, 7) is 3.90. The molecule has 4 aliphatic heterocycles. The Hall–Kier alpha value is -2.28. The first-order chi connectivity index (χ1) is 13.5. The number of aryl methyl sites for hydroxylation is 2. The van der Waals surface area contributed by atoms with Crippen LogP contribution in [0.5, 0.6) is 0 Å². The fraction of sp³-hybridized carbons (Fsp3) is 0.619. The monoisotopic (exact) mass is 380 g/mol. The molecule has 28 heavy (non-hydrogen) atoms. The lowest BCUT2D eigenvalue weighted by atomic mass is 9.76. The van der Waals surface area contributed by atoms with Gasteiger partial charge in [-0.1, -0.05) is 12.2 Å². The second-order valence-electron chi connectivity index (χ2n) is 9.07. The molecule has 5 aliphatic rings. The van der Waals surface area contributed by atoms with Gasteiger partial charge in [-0.2, -0.15) is 0 Å².